The maximum absolute atomic E-state index is 13.0. The lowest BCUT2D eigenvalue weighted by molar-refractivity contribution is 0.102. The second-order valence-corrected chi connectivity index (χ2v) is 7.20. The number of hydrogen-bond acceptors (Lipinski definition) is 3. The van der Waals surface area contributed by atoms with Gasteiger partial charge in [-0.2, -0.15) is 0 Å². The molecule has 0 saturated heterocycles. The summed E-state index contributed by atoms with van der Waals surface area (Å²) in [5.74, 6) is -0.199. The van der Waals surface area contributed by atoms with Crippen LogP contribution >= 0.6 is 0 Å². The van der Waals surface area contributed by atoms with E-state index in [1.807, 2.05) is 43.7 Å². The fourth-order valence-electron chi connectivity index (χ4n) is 3.83. The Hall–Kier alpha value is -2.82. The number of nitrogen functional groups attached to an aromatic ring is 1. The lowest BCUT2D eigenvalue weighted by atomic mass is 9.95. The average molecular weight is 348 g/mol. The lowest BCUT2D eigenvalue weighted by Crippen LogP contribution is -2.18. The molecule has 0 atom stereocenters. The van der Waals surface area contributed by atoms with Crippen LogP contribution < -0.4 is 11.1 Å². The summed E-state index contributed by atoms with van der Waals surface area (Å²) in [7, 11) is 1.86. The molecule has 0 radical (unpaired) electrons. The number of nitrogens with two attached hydrogens (primary N) is 1. The maximum atomic E-state index is 13.0. The zero-order valence-corrected chi connectivity index (χ0v) is 15.5. The van der Waals surface area contributed by atoms with Crippen molar-refractivity contribution in [3.05, 3.63) is 52.3 Å². The number of fused-ring (bicyclic) bond motifs is 2. The van der Waals surface area contributed by atoms with Crippen LogP contribution in [0.1, 0.15) is 45.7 Å². The fraction of sp³-hybridized carbons (Fsp3) is 0.333. The highest BCUT2D eigenvalue weighted by Crippen LogP contribution is 2.31. The van der Waals surface area contributed by atoms with Gasteiger partial charge in [0.25, 0.3) is 5.91 Å². The van der Waals surface area contributed by atoms with Gasteiger partial charge in [0.15, 0.2) is 0 Å². The summed E-state index contributed by atoms with van der Waals surface area (Å²) in [6.45, 7) is 4.04. The Bertz CT molecular complexity index is 983. The molecule has 1 amide bonds. The topological polar surface area (TPSA) is 72.9 Å². The summed E-state index contributed by atoms with van der Waals surface area (Å²) < 4.78 is 1.82. The number of aryl methyl sites for hydroxylation is 4. The number of anilines is 2. The lowest BCUT2D eigenvalue weighted by Gasteiger charge is -2.14. The zero-order chi connectivity index (χ0) is 18.4. The molecule has 3 N–H and O–H groups in total. The van der Waals surface area contributed by atoms with Crippen LogP contribution in [0.5, 0.6) is 0 Å². The van der Waals surface area contributed by atoms with Gasteiger partial charge >= 0.3 is 0 Å². The highest BCUT2D eigenvalue weighted by molar-refractivity contribution is 6.12. The summed E-state index contributed by atoms with van der Waals surface area (Å²) in [5.41, 5.74) is 13.6. The van der Waals surface area contributed by atoms with Crippen molar-refractivity contribution in [2.24, 2.45) is 7.05 Å². The Balaban J connectivity index is 1.78. The minimum absolute atomic E-state index is 0.199. The predicted octanol–water partition coefficient (Wildman–Crippen LogP) is 3.90. The first-order valence-corrected chi connectivity index (χ1v) is 9.11. The summed E-state index contributed by atoms with van der Waals surface area (Å²) in [6.07, 6.45) is 4.40. The third-order valence-corrected chi connectivity index (χ3v) is 5.55. The van der Waals surface area contributed by atoms with Crippen LogP contribution in [0.4, 0.5) is 11.4 Å². The molecule has 4 rings (SSSR count). The smallest absolute Gasteiger partial charge is 0.274 e. The SMILES string of the molecule is Cc1cccc(NC(=O)c2c(N)c3cc4c(nc3n2C)CCCC4)c1C. The molecule has 1 aliphatic rings. The molecule has 0 fully saturated rings. The van der Waals surface area contributed by atoms with E-state index in [2.05, 4.69) is 11.4 Å². The number of nitrogens with one attached hydrogen (secondary N) is 1. The van der Waals surface area contributed by atoms with Gasteiger partial charge in [0.1, 0.15) is 11.3 Å². The minimum atomic E-state index is -0.199. The number of rotatable bonds is 2. The van der Waals surface area contributed by atoms with Gasteiger partial charge in [-0.15, -0.1) is 0 Å². The molecule has 2 aromatic heterocycles. The molecule has 0 aliphatic heterocycles. The van der Waals surface area contributed by atoms with Gasteiger partial charge in [0, 0.05) is 23.8 Å². The highest BCUT2D eigenvalue weighted by Gasteiger charge is 2.23. The normalized spacial score (nSPS) is 13.7. The molecule has 26 heavy (non-hydrogen) atoms. The number of aromatic nitrogens is 2. The van der Waals surface area contributed by atoms with Crippen molar-refractivity contribution in [3.63, 3.8) is 0 Å². The van der Waals surface area contributed by atoms with E-state index >= 15 is 0 Å². The molecule has 0 bridgehead atoms. The van der Waals surface area contributed by atoms with Gasteiger partial charge in [-0.1, -0.05) is 12.1 Å². The number of carbonyl (C=O) groups excluding carboxylic acids is 1. The van der Waals surface area contributed by atoms with E-state index in [9.17, 15) is 4.79 Å². The van der Waals surface area contributed by atoms with Gasteiger partial charge in [-0.05, 0) is 68.4 Å². The number of carbonyl (C=O) groups is 1. The molecule has 3 aromatic rings. The number of nitrogens with zero attached hydrogens (tertiary/aromatic N) is 2. The molecular formula is C21H24N4O. The van der Waals surface area contributed by atoms with Crippen molar-refractivity contribution in [2.75, 3.05) is 11.1 Å². The Morgan fingerprint density at radius 1 is 1.23 bits per heavy atom. The number of benzene rings is 1. The second-order valence-electron chi connectivity index (χ2n) is 7.20. The third-order valence-electron chi connectivity index (χ3n) is 5.55. The Morgan fingerprint density at radius 2 is 2.00 bits per heavy atom. The van der Waals surface area contributed by atoms with Crippen LogP contribution in [0.25, 0.3) is 11.0 Å². The summed E-state index contributed by atoms with van der Waals surface area (Å²) in [4.78, 5) is 17.8. The van der Waals surface area contributed by atoms with Crippen molar-refractivity contribution in [1.29, 1.82) is 0 Å². The molecule has 2 heterocycles. The van der Waals surface area contributed by atoms with Crippen LogP contribution in [0.3, 0.4) is 0 Å². The van der Waals surface area contributed by atoms with E-state index in [4.69, 9.17) is 10.7 Å². The summed E-state index contributed by atoms with van der Waals surface area (Å²) in [6, 6.07) is 8.01. The van der Waals surface area contributed by atoms with Gasteiger partial charge < -0.3 is 15.6 Å². The van der Waals surface area contributed by atoms with Gasteiger partial charge in [0.2, 0.25) is 0 Å². The minimum Gasteiger partial charge on any atom is -0.396 e. The first-order chi connectivity index (χ1) is 12.5. The van der Waals surface area contributed by atoms with Crippen molar-refractivity contribution in [2.45, 2.75) is 39.5 Å². The maximum Gasteiger partial charge on any atom is 0.274 e. The first-order valence-electron chi connectivity index (χ1n) is 9.11. The van der Waals surface area contributed by atoms with E-state index in [0.717, 1.165) is 46.4 Å². The van der Waals surface area contributed by atoms with Crippen LogP contribution in [-0.2, 0) is 19.9 Å². The van der Waals surface area contributed by atoms with Gasteiger partial charge in [-0.25, -0.2) is 4.98 Å². The molecule has 1 aromatic carbocycles. The molecule has 0 saturated carbocycles. The Morgan fingerprint density at radius 3 is 2.81 bits per heavy atom. The van der Waals surface area contributed by atoms with Crippen molar-refractivity contribution in [3.8, 4) is 0 Å². The highest BCUT2D eigenvalue weighted by atomic mass is 16.2. The molecule has 0 unspecified atom stereocenters. The molecular weight excluding hydrogens is 324 g/mol. The Kier molecular flexibility index (Phi) is 3.94. The van der Waals surface area contributed by atoms with E-state index in [0.29, 0.717) is 11.4 Å². The van der Waals surface area contributed by atoms with Crippen LogP contribution in [0, 0.1) is 13.8 Å². The molecule has 5 heteroatoms. The standard InChI is InChI=1S/C21H24N4O/c1-12-7-6-10-16(13(12)2)24-21(26)19-18(22)15-11-14-8-4-5-9-17(14)23-20(15)25(19)3/h6-7,10-11H,4-5,8-9,22H2,1-3H3,(H,24,26). The monoisotopic (exact) mass is 348 g/mol. The summed E-state index contributed by atoms with van der Waals surface area (Å²) in [5, 5.41) is 3.89. The van der Waals surface area contributed by atoms with Crippen molar-refractivity contribution >= 4 is 28.3 Å². The molecule has 0 spiro atoms. The van der Waals surface area contributed by atoms with Crippen LogP contribution in [0.2, 0.25) is 0 Å². The van der Waals surface area contributed by atoms with E-state index in [1.54, 1.807) is 0 Å². The average Bonchev–Trinajstić information content (AvgIpc) is 2.87. The van der Waals surface area contributed by atoms with Crippen LogP contribution in [0.15, 0.2) is 24.3 Å². The van der Waals surface area contributed by atoms with Crippen LogP contribution in [-0.4, -0.2) is 15.5 Å². The van der Waals surface area contributed by atoms with Crippen molar-refractivity contribution < 1.29 is 4.79 Å². The van der Waals surface area contributed by atoms with Crippen molar-refractivity contribution in [1.82, 2.24) is 9.55 Å². The van der Waals surface area contributed by atoms with E-state index in [-0.39, 0.29) is 5.91 Å². The van der Waals surface area contributed by atoms with E-state index < -0.39 is 0 Å². The van der Waals surface area contributed by atoms with Gasteiger partial charge in [-0.3, -0.25) is 4.79 Å². The largest absolute Gasteiger partial charge is 0.396 e. The number of hydrogen-bond donors (Lipinski definition) is 2. The molecule has 134 valence electrons. The predicted molar refractivity (Wildman–Crippen MR) is 106 cm³/mol. The number of amides is 1. The molecule has 1 aliphatic carbocycles. The quantitative estimate of drug-likeness (QED) is 0.737. The second kappa shape index (κ2) is 6.16. The van der Waals surface area contributed by atoms with E-state index in [1.165, 1.54) is 18.4 Å². The third kappa shape index (κ3) is 2.55. The molecule has 5 nitrogen and oxygen atoms in total. The Labute approximate surface area is 153 Å². The fourth-order valence-corrected chi connectivity index (χ4v) is 3.83. The number of pyridine rings is 1. The zero-order valence-electron chi connectivity index (χ0n) is 15.5. The summed E-state index contributed by atoms with van der Waals surface area (Å²) >= 11 is 0. The first kappa shape index (κ1) is 16.6. The van der Waals surface area contributed by atoms with Gasteiger partial charge in [0.05, 0.1) is 5.69 Å².